The van der Waals surface area contributed by atoms with Gasteiger partial charge in [0.2, 0.25) is 0 Å². The van der Waals surface area contributed by atoms with Gasteiger partial charge < -0.3 is 5.32 Å². The van der Waals surface area contributed by atoms with Crippen LogP contribution >= 0.6 is 0 Å². The predicted octanol–water partition coefficient (Wildman–Crippen LogP) is 2.23. The largest absolute Gasteiger partial charge is 0.416 e. The van der Waals surface area contributed by atoms with Crippen LogP contribution in [-0.2, 0) is 22.6 Å². The molecule has 0 spiro atoms. The average Bonchev–Trinajstić information content (AvgIpc) is 2.34. The van der Waals surface area contributed by atoms with Crippen molar-refractivity contribution in [3.8, 4) is 0 Å². The SMILES string of the molecule is CCS(=O)(=O)CCNCc1ccc(C(F)(F)F)cc1. The van der Waals surface area contributed by atoms with Crippen LogP contribution in [0.2, 0.25) is 0 Å². The predicted molar refractivity (Wildman–Crippen MR) is 67.5 cm³/mol. The van der Waals surface area contributed by atoms with Gasteiger partial charge in [0, 0.05) is 18.8 Å². The number of alkyl halides is 3. The summed E-state index contributed by atoms with van der Waals surface area (Å²) in [5, 5.41) is 2.89. The first-order chi connectivity index (χ1) is 8.74. The van der Waals surface area contributed by atoms with Crippen LogP contribution < -0.4 is 5.32 Å². The highest BCUT2D eigenvalue weighted by Crippen LogP contribution is 2.28. The third-order valence-electron chi connectivity index (χ3n) is 2.64. The molecular weight excluding hydrogens is 279 g/mol. The molecule has 1 aromatic carbocycles. The molecule has 0 aromatic heterocycles. The van der Waals surface area contributed by atoms with Crippen molar-refractivity contribution in [2.75, 3.05) is 18.1 Å². The lowest BCUT2D eigenvalue weighted by atomic mass is 10.1. The Balaban J connectivity index is 2.43. The van der Waals surface area contributed by atoms with Crippen molar-refractivity contribution >= 4 is 9.84 Å². The fourth-order valence-corrected chi connectivity index (χ4v) is 2.16. The van der Waals surface area contributed by atoms with E-state index in [0.29, 0.717) is 12.1 Å². The van der Waals surface area contributed by atoms with E-state index in [2.05, 4.69) is 5.32 Å². The van der Waals surface area contributed by atoms with Crippen molar-refractivity contribution in [1.82, 2.24) is 5.32 Å². The van der Waals surface area contributed by atoms with Crippen molar-refractivity contribution in [1.29, 1.82) is 0 Å². The first-order valence-electron chi connectivity index (χ1n) is 5.82. The van der Waals surface area contributed by atoms with E-state index in [0.717, 1.165) is 12.1 Å². The average molecular weight is 295 g/mol. The number of hydrogen-bond acceptors (Lipinski definition) is 3. The zero-order valence-corrected chi connectivity index (χ0v) is 11.3. The first kappa shape index (κ1) is 16.0. The lowest BCUT2D eigenvalue weighted by Crippen LogP contribution is -2.23. The van der Waals surface area contributed by atoms with Gasteiger partial charge in [-0.05, 0) is 17.7 Å². The normalized spacial score (nSPS) is 12.6. The van der Waals surface area contributed by atoms with E-state index in [9.17, 15) is 21.6 Å². The minimum absolute atomic E-state index is 0.0319. The van der Waals surface area contributed by atoms with Crippen molar-refractivity contribution in [2.45, 2.75) is 19.6 Å². The first-order valence-corrected chi connectivity index (χ1v) is 7.64. The Morgan fingerprint density at radius 1 is 1.16 bits per heavy atom. The standard InChI is InChI=1S/C12H16F3NO2S/c1-2-19(17,18)8-7-16-9-10-3-5-11(6-4-10)12(13,14)15/h3-6,16H,2,7-9H2,1H3. The molecule has 1 N–H and O–H groups in total. The van der Waals surface area contributed by atoms with E-state index < -0.39 is 21.6 Å². The lowest BCUT2D eigenvalue weighted by molar-refractivity contribution is -0.137. The summed E-state index contributed by atoms with van der Waals surface area (Å²) in [5.41, 5.74) is -0.00768. The summed E-state index contributed by atoms with van der Waals surface area (Å²) in [6.45, 7) is 2.21. The van der Waals surface area contributed by atoms with E-state index in [1.807, 2.05) is 0 Å². The highest BCUT2D eigenvalue weighted by molar-refractivity contribution is 7.91. The molecule has 0 bridgehead atoms. The maximum Gasteiger partial charge on any atom is 0.416 e. The van der Waals surface area contributed by atoms with Gasteiger partial charge in [0.25, 0.3) is 0 Å². The fraction of sp³-hybridized carbons (Fsp3) is 0.500. The van der Waals surface area contributed by atoms with Gasteiger partial charge in [-0.2, -0.15) is 13.2 Å². The Hall–Kier alpha value is -1.08. The smallest absolute Gasteiger partial charge is 0.312 e. The molecule has 0 radical (unpaired) electrons. The molecule has 1 rings (SSSR count). The maximum atomic E-state index is 12.3. The Bertz CT molecular complexity index is 495. The molecule has 0 saturated carbocycles. The molecule has 0 fully saturated rings. The monoisotopic (exact) mass is 295 g/mol. The van der Waals surface area contributed by atoms with Crippen LogP contribution in [0.3, 0.4) is 0 Å². The molecular formula is C12H16F3NO2S. The Kier molecular flexibility index (Phi) is 5.37. The van der Waals surface area contributed by atoms with Crippen LogP contribution in [0.15, 0.2) is 24.3 Å². The van der Waals surface area contributed by atoms with Gasteiger partial charge in [0.05, 0.1) is 11.3 Å². The highest BCUT2D eigenvalue weighted by atomic mass is 32.2. The number of nitrogens with one attached hydrogen (secondary N) is 1. The van der Waals surface area contributed by atoms with E-state index >= 15 is 0 Å². The van der Waals surface area contributed by atoms with Crippen LogP contribution in [-0.4, -0.2) is 26.5 Å². The van der Waals surface area contributed by atoms with E-state index in [-0.39, 0.29) is 18.1 Å². The van der Waals surface area contributed by atoms with E-state index in [1.54, 1.807) is 6.92 Å². The van der Waals surface area contributed by atoms with Gasteiger partial charge in [-0.25, -0.2) is 8.42 Å². The van der Waals surface area contributed by atoms with Gasteiger partial charge in [-0.1, -0.05) is 19.1 Å². The highest BCUT2D eigenvalue weighted by Gasteiger charge is 2.29. The fourth-order valence-electron chi connectivity index (χ4n) is 1.42. The quantitative estimate of drug-likeness (QED) is 0.819. The topological polar surface area (TPSA) is 46.2 Å². The van der Waals surface area contributed by atoms with Gasteiger partial charge >= 0.3 is 6.18 Å². The van der Waals surface area contributed by atoms with Crippen molar-refractivity contribution in [2.24, 2.45) is 0 Å². The van der Waals surface area contributed by atoms with E-state index in [1.165, 1.54) is 12.1 Å². The van der Waals surface area contributed by atoms with Gasteiger partial charge in [0.15, 0.2) is 9.84 Å². The number of sulfone groups is 1. The minimum Gasteiger partial charge on any atom is -0.312 e. The van der Waals surface area contributed by atoms with Gasteiger partial charge in [0.1, 0.15) is 0 Å². The lowest BCUT2D eigenvalue weighted by Gasteiger charge is -2.08. The molecule has 19 heavy (non-hydrogen) atoms. The van der Waals surface area contributed by atoms with Gasteiger partial charge in [-0.3, -0.25) is 0 Å². The third kappa shape index (κ3) is 5.61. The summed E-state index contributed by atoms with van der Waals surface area (Å²) in [5.74, 6) is 0.124. The summed E-state index contributed by atoms with van der Waals surface area (Å²) in [7, 11) is -3.01. The van der Waals surface area contributed by atoms with Crippen molar-refractivity contribution < 1.29 is 21.6 Å². The molecule has 3 nitrogen and oxygen atoms in total. The summed E-state index contributed by atoms with van der Waals surface area (Å²) in [6, 6.07) is 4.79. The Morgan fingerprint density at radius 2 is 1.74 bits per heavy atom. The maximum absolute atomic E-state index is 12.3. The molecule has 0 atom stereocenters. The van der Waals surface area contributed by atoms with Crippen LogP contribution in [0, 0.1) is 0 Å². The summed E-state index contributed by atoms with van der Waals surface area (Å²) >= 11 is 0. The number of benzene rings is 1. The van der Waals surface area contributed by atoms with E-state index in [4.69, 9.17) is 0 Å². The molecule has 0 unspecified atom stereocenters. The van der Waals surface area contributed by atoms with Crippen LogP contribution in [0.25, 0.3) is 0 Å². The molecule has 0 saturated heterocycles. The molecule has 7 heteroatoms. The molecule has 0 aliphatic heterocycles. The second-order valence-corrected chi connectivity index (χ2v) is 6.58. The Labute approximate surface area is 110 Å². The van der Waals surface area contributed by atoms with Crippen LogP contribution in [0.4, 0.5) is 13.2 Å². The van der Waals surface area contributed by atoms with Gasteiger partial charge in [-0.15, -0.1) is 0 Å². The molecule has 0 aliphatic rings. The van der Waals surface area contributed by atoms with Crippen molar-refractivity contribution in [3.63, 3.8) is 0 Å². The number of hydrogen-bond donors (Lipinski definition) is 1. The summed E-state index contributed by atoms with van der Waals surface area (Å²) in [4.78, 5) is 0. The summed E-state index contributed by atoms with van der Waals surface area (Å²) < 4.78 is 59.3. The Morgan fingerprint density at radius 3 is 2.21 bits per heavy atom. The summed E-state index contributed by atoms with van der Waals surface area (Å²) in [6.07, 6.45) is -4.33. The zero-order valence-electron chi connectivity index (χ0n) is 10.5. The number of rotatable bonds is 6. The second kappa shape index (κ2) is 6.38. The molecule has 0 amide bonds. The minimum atomic E-state index is -4.33. The van der Waals surface area contributed by atoms with Crippen LogP contribution in [0.5, 0.6) is 0 Å². The molecule has 0 aliphatic carbocycles. The molecule has 108 valence electrons. The van der Waals surface area contributed by atoms with Crippen molar-refractivity contribution in [3.05, 3.63) is 35.4 Å². The third-order valence-corrected chi connectivity index (χ3v) is 4.35. The molecule has 1 aromatic rings. The second-order valence-electron chi connectivity index (χ2n) is 4.11. The molecule has 0 heterocycles. The van der Waals surface area contributed by atoms with Crippen LogP contribution in [0.1, 0.15) is 18.1 Å². The zero-order chi connectivity index (χ0) is 14.5. The number of halogens is 3.